The third-order valence-corrected chi connectivity index (χ3v) is 6.93. The Balaban J connectivity index is 1.48. The van der Waals surface area contributed by atoms with Gasteiger partial charge in [0.2, 0.25) is 0 Å². The van der Waals surface area contributed by atoms with Crippen molar-refractivity contribution in [3.8, 4) is 11.3 Å². The highest BCUT2D eigenvalue weighted by molar-refractivity contribution is 6.07. The van der Waals surface area contributed by atoms with Gasteiger partial charge in [-0.25, -0.2) is 9.97 Å². The Morgan fingerprint density at radius 3 is 2.37 bits per heavy atom. The molecular formula is C33H34N6O2. The lowest BCUT2D eigenvalue weighted by Crippen LogP contribution is -2.46. The number of carbonyl (C=O) groups is 1. The van der Waals surface area contributed by atoms with E-state index in [1.54, 1.807) is 25.8 Å². The highest BCUT2D eigenvalue weighted by atomic mass is 16.2. The summed E-state index contributed by atoms with van der Waals surface area (Å²) in [6.07, 6.45) is 7.18. The van der Waals surface area contributed by atoms with Crippen LogP contribution in [0.1, 0.15) is 42.3 Å². The zero-order valence-corrected chi connectivity index (χ0v) is 24.0. The molecule has 2 heterocycles. The fraction of sp³-hybridized carbons (Fsp3) is 0.212. The third kappa shape index (κ3) is 5.96. The van der Waals surface area contributed by atoms with Gasteiger partial charge in [0.1, 0.15) is 0 Å². The van der Waals surface area contributed by atoms with Crippen LogP contribution in [0.4, 0.5) is 17.2 Å². The molecule has 0 unspecified atom stereocenters. The third-order valence-electron chi connectivity index (χ3n) is 6.93. The standard InChI is InChI=1S/C33H34N6O2/c1-23-27(12-9-13-29(23)39(33(2,3)4)31(40)25-10-7-6-8-11-25)28-21-37(5)32(41)30(36-28)35-26-16-14-24(15-17-26)20-38-19-18-34-22-38/h6-19,21-22H,20H2,1-5H3,(H,35,36). The van der Waals surface area contributed by atoms with Crippen LogP contribution >= 0.6 is 0 Å². The lowest BCUT2D eigenvalue weighted by Gasteiger charge is -2.37. The molecule has 2 aromatic heterocycles. The highest BCUT2D eigenvalue weighted by Crippen LogP contribution is 2.34. The van der Waals surface area contributed by atoms with E-state index >= 15 is 0 Å². The number of imidazole rings is 1. The largest absolute Gasteiger partial charge is 0.336 e. The SMILES string of the molecule is Cc1c(-c2cn(C)c(=O)c(Nc3ccc(Cn4ccnc4)cc3)n2)cccc1N(C(=O)c1ccccc1)C(C)(C)C. The first-order valence-corrected chi connectivity index (χ1v) is 13.5. The van der Waals surface area contributed by atoms with Crippen molar-refractivity contribution in [2.24, 2.45) is 7.05 Å². The van der Waals surface area contributed by atoms with Crippen molar-refractivity contribution in [2.45, 2.75) is 39.8 Å². The molecule has 8 nitrogen and oxygen atoms in total. The Labute approximate surface area is 240 Å². The van der Waals surface area contributed by atoms with E-state index in [0.717, 1.165) is 28.1 Å². The van der Waals surface area contributed by atoms with Crippen LogP contribution in [0, 0.1) is 6.92 Å². The summed E-state index contributed by atoms with van der Waals surface area (Å²) in [5.74, 6) is 0.149. The number of hydrogen-bond acceptors (Lipinski definition) is 5. The predicted octanol–water partition coefficient (Wildman–Crippen LogP) is 6.19. The number of nitrogens with one attached hydrogen (secondary N) is 1. The molecule has 0 bridgehead atoms. The Morgan fingerprint density at radius 1 is 0.976 bits per heavy atom. The summed E-state index contributed by atoms with van der Waals surface area (Å²) in [6.45, 7) is 8.76. The van der Waals surface area contributed by atoms with E-state index in [2.05, 4.69) is 10.3 Å². The number of hydrogen-bond donors (Lipinski definition) is 1. The first-order chi connectivity index (χ1) is 19.6. The smallest absolute Gasteiger partial charge is 0.293 e. The Bertz CT molecular complexity index is 1720. The molecule has 0 aliphatic heterocycles. The van der Waals surface area contributed by atoms with Gasteiger partial charge in [-0.15, -0.1) is 0 Å². The van der Waals surface area contributed by atoms with Crippen molar-refractivity contribution < 1.29 is 4.79 Å². The summed E-state index contributed by atoms with van der Waals surface area (Å²) >= 11 is 0. The van der Waals surface area contributed by atoms with Gasteiger partial charge in [-0.05, 0) is 69.2 Å². The van der Waals surface area contributed by atoms with Crippen molar-refractivity contribution in [1.29, 1.82) is 0 Å². The van der Waals surface area contributed by atoms with Crippen LogP contribution in [0.15, 0.2) is 103 Å². The van der Waals surface area contributed by atoms with E-state index in [9.17, 15) is 9.59 Å². The van der Waals surface area contributed by atoms with Gasteiger partial charge < -0.3 is 19.4 Å². The van der Waals surface area contributed by atoms with E-state index in [4.69, 9.17) is 4.98 Å². The van der Waals surface area contributed by atoms with Gasteiger partial charge in [-0.1, -0.05) is 42.5 Å². The number of carbonyl (C=O) groups excluding carboxylic acids is 1. The maximum atomic E-state index is 13.7. The lowest BCUT2D eigenvalue weighted by molar-refractivity contribution is 0.0965. The quantitative estimate of drug-likeness (QED) is 0.263. The minimum atomic E-state index is -0.482. The average molecular weight is 547 g/mol. The van der Waals surface area contributed by atoms with Crippen molar-refractivity contribution in [3.63, 3.8) is 0 Å². The van der Waals surface area contributed by atoms with Crippen LogP contribution in [0.3, 0.4) is 0 Å². The monoisotopic (exact) mass is 546 g/mol. The summed E-state index contributed by atoms with van der Waals surface area (Å²) in [7, 11) is 1.71. The minimum absolute atomic E-state index is 0.0781. The van der Waals surface area contributed by atoms with Gasteiger partial charge in [0.15, 0.2) is 5.82 Å². The van der Waals surface area contributed by atoms with Gasteiger partial charge in [0, 0.05) is 60.2 Å². The summed E-state index contributed by atoms with van der Waals surface area (Å²) in [6, 6.07) is 23.0. The fourth-order valence-corrected chi connectivity index (χ4v) is 4.87. The van der Waals surface area contributed by atoms with Gasteiger partial charge in [-0.2, -0.15) is 0 Å². The molecule has 0 fully saturated rings. The van der Waals surface area contributed by atoms with Crippen LogP contribution in [-0.2, 0) is 13.6 Å². The molecule has 0 saturated carbocycles. The average Bonchev–Trinajstić information content (AvgIpc) is 3.46. The zero-order valence-electron chi connectivity index (χ0n) is 24.0. The second-order valence-corrected chi connectivity index (χ2v) is 11.1. The molecule has 0 atom stereocenters. The van der Waals surface area contributed by atoms with Crippen molar-refractivity contribution in [3.05, 3.63) is 125 Å². The van der Waals surface area contributed by atoms with Crippen molar-refractivity contribution >= 4 is 23.1 Å². The lowest BCUT2D eigenvalue weighted by atomic mass is 9.97. The molecule has 1 amide bonds. The highest BCUT2D eigenvalue weighted by Gasteiger charge is 2.30. The molecule has 41 heavy (non-hydrogen) atoms. The van der Waals surface area contributed by atoms with Crippen molar-refractivity contribution in [1.82, 2.24) is 19.1 Å². The van der Waals surface area contributed by atoms with Gasteiger partial charge in [0.05, 0.1) is 12.0 Å². The van der Waals surface area contributed by atoms with Crippen molar-refractivity contribution in [2.75, 3.05) is 10.2 Å². The van der Waals surface area contributed by atoms with Crippen LogP contribution in [0.25, 0.3) is 11.3 Å². The van der Waals surface area contributed by atoms with E-state index < -0.39 is 5.54 Å². The second kappa shape index (κ2) is 11.3. The second-order valence-electron chi connectivity index (χ2n) is 11.1. The Hall–Kier alpha value is -4.98. The van der Waals surface area contributed by atoms with Gasteiger partial charge in [-0.3, -0.25) is 9.59 Å². The molecule has 0 aliphatic carbocycles. The molecule has 8 heteroatoms. The number of rotatable bonds is 7. The van der Waals surface area contributed by atoms with Gasteiger partial charge >= 0.3 is 0 Å². The molecule has 0 spiro atoms. The van der Waals surface area contributed by atoms with E-state index in [0.29, 0.717) is 17.8 Å². The molecule has 1 N–H and O–H groups in total. The number of nitrogens with zero attached hydrogens (tertiary/aromatic N) is 5. The fourth-order valence-electron chi connectivity index (χ4n) is 4.87. The number of amides is 1. The van der Waals surface area contributed by atoms with E-state index in [-0.39, 0.29) is 17.3 Å². The molecular weight excluding hydrogens is 512 g/mol. The molecule has 0 saturated heterocycles. The van der Waals surface area contributed by atoms with Gasteiger partial charge in [0.25, 0.3) is 11.5 Å². The Kier molecular flexibility index (Phi) is 7.57. The summed E-state index contributed by atoms with van der Waals surface area (Å²) in [4.78, 5) is 37.4. The van der Waals surface area contributed by atoms with E-state index in [1.807, 2.05) is 116 Å². The molecule has 5 aromatic rings. The maximum Gasteiger partial charge on any atom is 0.293 e. The molecule has 0 radical (unpaired) electrons. The first-order valence-electron chi connectivity index (χ1n) is 13.5. The molecule has 3 aromatic carbocycles. The normalized spacial score (nSPS) is 11.3. The maximum absolute atomic E-state index is 13.7. The van der Waals surface area contributed by atoms with Crippen LogP contribution < -0.4 is 15.8 Å². The summed E-state index contributed by atoms with van der Waals surface area (Å²) < 4.78 is 3.52. The van der Waals surface area contributed by atoms with Crippen LogP contribution in [0.2, 0.25) is 0 Å². The number of aromatic nitrogens is 4. The predicted molar refractivity (Wildman–Crippen MR) is 164 cm³/mol. The zero-order chi connectivity index (χ0) is 29.1. The van der Waals surface area contributed by atoms with E-state index in [1.165, 1.54) is 4.57 Å². The summed E-state index contributed by atoms with van der Waals surface area (Å²) in [5, 5.41) is 3.20. The topological polar surface area (TPSA) is 85.1 Å². The van der Waals surface area contributed by atoms with Crippen LogP contribution in [-0.4, -0.2) is 30.5 Å². The molecule has 5 rings (SSSR count). The Morgan fingerprint density at radius 2 is 1.71 bits per heavy atom. The van der Waals surface area contributed by atoms with Crippen LogP contribution in [0.5, 0.6) is 0 Å². The number of aryl methyl sites for hydroxylation is 1. The molecule has 208 valence electrons. The minimum Gasteiger partial charge on any atom is -0.336 e. The number of anilines is 3. The number of benzene rings is 3. The molecule has 0 aliphatic rings. The first kappa shape index (κ1) is 27.6. The summed E-state index contributed by atoms with van der Waals surface area (Å²) in [5.41, 5.74) is 4.94.